The Kier molecular flexibility index (Phi) is 7.36. The molecule has 8 nitrogen and oxygen atoms in total. The Morgan fingerprint density at radius 2 is 2.06 bits per heavy atom. The van der Waals surface area contributed by atoms with Gasteiger partial charge < -0.3 is 24.8 Å². The molecule has 1 aliphatic heterocycles. The predicted octanol–water partition coefficient (Wildman–Crippen LogP) is 4.02. The monoisotopic (exact) mass is 443 g/mol. The lowest BCUT2D eigenvalue weighted by Gasteiger charge is -2.23. The molecule has 2 N–H and O–H groups in total. The number of nitriles is 1. The highest BCUT2D eigenvalue weighted by Gasteiger charge is 2.27. The van der Waals surface area contributed by atoms with E-state index in [0.29, 0.717) is 54.7 Å². The number of hydrogen-bond donors (Lipinski definition) is 2. The van der Waals surface area contributed by atoms with Crippen molar-refractivity contribution in [3.05, 3.63) is 39.8 Å². The minimum atomic E-state index is -0.984. The number of para-hydroxylation sites is 1. The average Bonchev–Trinajstić information content (AvgIpc) is 3.10. The van der Waals surface area contributed by atoms with E-state index < -0.39 is 6.09 Å². The number of hydrogen-bond acceptors (Lipinski definition) is 6. The molecule has 0 spiro atoms. The smallest absolute Gasteiger partial charge is 0.407 e. The van der Waals surface area contributed by atoms with Crippen LogP contribution >= 0.6 is 11.3 Å². The minimum absolute atomic E-state index is 0.213. The number of thiophene rings is 1. The van der Waals surface area contributed by atoms with E-state index in [1.807, 2.05) is 32.0 Å². The summed E-state index contributed by atoms with van der Waals surface area (Å²) in [5.74, 6) is 1.09. The second kappa shape index (κ2) is 10.2. The van der Waals surface area contributed by atoms with Crippen molar-refractivity contribution in [2.24, 2.45) is 0 Å². The summed E-state index contributed by atoms with van der Waals surface area (Å²) < 4.78 is 11.4. The van der Waals surface area contributed by atoms with Crippen LogP contribution in [0.1, 0.15) is 41.8 Å². The molecule has 0 atom stereocenters. The molecule has 3 rings (SSSR count). The van der Waals surface area contributed by atoms with Crippen molar-refractivity contribution in [1.82, 2.24) is 4.90 Å². The third-order valence-corrected chi connectivity index (χ3v) is 6.09. The molecule has 164 valence electrons. The predicted molar refractivity (Wildman–Crippen MR) is 117 cm³/mol. The molecule has 0 radical (unpaired) electrons. The van der Waals surface area contributed by atoms with Gasteiger partial charge >= 0.3 is 6.09 Å². The quantitative estimate of drug-likeness (QED) is 0.637. The second-order valence-electron chi connectivity index (χ2n) is 6.93. The maximum atomic E-state index is 12.6. The molecule has 31 heavy (non-hydrogen) atoms. The lowest BCUT2D eigenvalue weighted by molar-refractivity contribution is -0.116. The summed E-state index contributed by atoms with van der Waals surface area (Å²) in [6, 6.07) is 7.79. The van der Waals surface area contributed by atoms with E-state index in [9.17, 15) is 20.0 Å². The SMILES string of the molecule is CCOc1cccc(CCC(=O)Nc2sc3c(c2C#N)CCN(C(=O)O)C3)c1OCC. The number of carboxylic acid groups (broad SMARTS) is 1. The van der Waals surface area contributed by atoms with Gasteiger partial charge in [0.05, 0.1) is 25.3 Å². The number of amides is 2. The van der Waals surface area contributed by atoms with Gasteiger partial charge in [0.2, 0.25) is 5.91 Å². The lowest BCUT2D eigenvalue weighted by Crippen LogP contribution is -2.34. The Hall–Kier alpha value is -3.25. The van der Waals surface area contributed by atoms with Crippen LogP contribution in [0.5, 0.6) is 11.5 Å². The van der Waals surface area contributed by atoms with Gasteiger partial charge in [-0.05, 0) is 43.9 Å². The first kappa shape index (κ1) is 22.4. The van der Waals surface area contributed by atoms with Crippen LogP contribution < -0.4 is 14.8 Å². The highest BCUT2D eigenvalue weighted by molar-refractivity contribution is 7.16. The largest absolute Gasteiger partial charge is 0.490 e. The van der Waals surface area contributed by atoms with Gasteiger partial charge in [0.1, 0.15) is 11.1 Å². The Labute approximate surface area is 185 Å². The van der Waals surface area contributed by atoms with Crippen molar-refractivity contribution in [2.75, 3.05) is 25.1 Å². The fourth-order valence-corrected chi connectivity index (χ4v) is 4.78. The summed E-state index contributed by atoms with van der Waals surface area (Å²) in [5, 5.41) is 22.1. The summed E-state index contributed by atoms with van der Waals surface area (Å²) in [7, 11) is 0. The lowest BCUT2D eigenvalue weighted by atomic mass is 10.0. The highest BCUT2D eigenvalue weighted by Crippen LogP contribution is 2.37. The number of fused-ring (bicyclic) bond motifs is 1. The number of anilines is 1. The molecule has 2 heterocycles. The first-order chi connectivity index (χ1) is 15.0. The van der Waals surface area contributed by atoms with Crippen LogP contribution in [-0.2, 0) is 24.2 Å². The van der Waals surface area contributed by atoms with E-state index in [1.54, 1.807) is 0 Å². The van der Waals surface area contributed by atoms with Crippen molar-refractivity contribution in [3.8, 4) is 17.6 Å². The van der Waals surface area contributed by atoms with E-state index in [-0.39, 0.29) is 18.9 Å². The van der Waals surface area contributed by atoms with Gasteiger partial charge in [0.15, 0.2) is 11.5 Å². The number of rotatable bonds is 8. The summed E-state index contributed by atoms with van der Waals surface area (Å²) >= 11 is 1.27. The van der Waals surface area contributed by atoms with Crippen molar-refractivity contribution in [3.63, 3.8) is 0 Å². The molecule has 1 aliphatic rings. The van der Waals surface area contributed by atoms with Gasteiger partial charge in [0.25, 0.3) is 0 Å². The zero-order valence-corrected chi connectivity index (χ0v) is 18.4. The van der Waals surface area contributed by atoms with E-state index in [1.165, 1.54) is 16.2 Å². The number of ether oxygens (including phenoxy) is 2. The number of nitrogens with zero attached hydrogens (tertiary/aromatic N) is 2. The molecule has 0 unspecified atom stereocenters. The molecule has 0 aliphatic carbocycles. The molecule has 9 heteroatoms. The van der Waals surface area contributed by atoms with Crippen LogP contribution in [0.25, 0.3) is 0 Å². The highest BCUT2D eigenvalue weighted by atomic mass is 32.1. The van der Waals surface area contributed by atoms with Crippen molar-refractivity contribution in [2.45, 2.75) is 39.7 Å². The number of benzene rings is 1. The molecule has 0 saturated heterocycles. The topological polar surface area (TPSA) is 112 Å². The van der Waals surface area contributed by atoms with Crippen molar-refractivity contribution in [1.29, 1.82) is 5.26 Å². The maximum Gasteiger partial charge on any atom is 0.407 e. The van der Waals surface area contributed by atoms with Gasteiger partial charge in [-0.1, -0.05) is 12.1 Å². The Morgan fingerprint density at radius 3 is 2.74 bits per heavy atom. The second-order valence-corrected chi connectivity index (χ2v) is 8.04. The van der Waals surface area contributed by atoms with Crippen LogP contribution in [-0.4, -0.2) is 41.8 Å². The molecule has 0 fully saturated rings. The molecular formula is C22H25N3O5S. The Bertz CT molecular complexity index is 1010. The van der Waals surface area contributed by atoms with Crippen LogP contribution in [0.4, 0.5) is 9.80 Å². The zero-order chi connectivity index (χ0) is 22.4. The van der Waals surface area contributed by atoms with Gasteiger partial charge in [-0.25, -0.2) is 4.79 Å². The number of aryl methyl sites for hydroxylation is 1. The fraction of sp³-hybridized carbons (Fsp3) is 0.409. The summed E-state index contributed by atoms with van der Waals surface area (Å²) in [6.45, 7) is 5.39. The molecular weight excluding hydrogens is 418 g/mol. The molecule has 2 amide bonds. The normalized spacial score (nSPS) is 12.6. The first-order valence-electron chi connectivity index (χ1n) is 10.2. The van der Waals surface area contributed by atoms with Crippen LogP contribution in [0.3, 0.4) is 0 Å². The fourth-order valence-electron chi connectivity index (χ4n) is 3.55. The van der Waals surface area contributed by atoms with Gasteiger partial charge in [-0.3, -0.25) is 4.79 Å². The third-order valence-electron chi connectivity index (χ3n) is 4.96. The number of nitrogens with one attached hydrogen (secondary N) is 1. The summed E-state index contributed by atoms with van der Waals surface area (Å²) in [6.07, 6.45) is 0.160. The van der Waals surface area contributed by atoms with E-state index >= 15 is 0 Å². The first-order valence-corrected chi connectivity index (χ1v) is 11.0. The van der Waals surface area contributed by atoms with E-state index in [2.05, 4.69) is 11.4 Å². The summed E-state index contributed by atoms with van der Waals surface area (Å²) in [5.41, 5.74) is 2.15. The molecule has 0 saturated carbocycles. The van der Waals surface area contributed by atoms with E-state index in [4.69, 9.17) is 9.47 Å². The van der Waals surface area contributed by atoms with Crippen LogP contribution in [0, 0.1) is 11.3 Å². The van der Waals surface area contributed by atoms with Crippen LogP contribution in [0.15, 0.2) is 18.2 Å². The molecule has 1 aromatic heterocycles. The zero-order valence-electron chi connectivity index (χ0n) is 17.6. The number of carbonyl (C=O) groups excluding carboxylic acids is 1. The molecule has 0 bridgehead atoms. The Morgan fingerprint density at radius 1 is 1.29 bits per heavy atom. The van der Waals surface area contributed by atoms with Gasteiger partial charge in [-0.15, -0.1) is 11.3 Å². The van der Waals surface area contributed by atoms with Crippen LogP contribution in [0.2, 0.25) is 0 Å². The average molecular weight is 444 g/mol. The number of carbonyl (C=O) groups is 2. The standard InChI is InChI=1S/C22H25N3O5S/c1-3-29-17-7-5-6-14(20(17)30-4-2)8-9-19(26)24-21-16(12-23)15-10-11-25(22(27)28)13-18(15)31-21/h5-7H,3-4,8-11,13H2,1-2H3,(H,24,26)(H,27,28). The summed E-state index contributed by atoms with van der Waals surface area (Å²) in [4.78, 5) is 26.0. The Balaban J connectivity index is 1.71. The minimum Gasteiger partial charge on any atom is -0.490 e. The molecule has 2 aromatic rings. The maximum absolute atomic E-state index is 12.6. The van der Waals surface area contributed by atoms with E-state index in [0.717, 1.165) is 16.0 Å². The molecule has 1 aromatic carbocycles. The van der Waals surface area contributed by atoms with Crippen molar-refractivity contribution >= 4 is 28.3 Å². The van der Waals surface area contributed by atoms with Gasteiger partial charge in [0, 0.05) is 17.8 Å². The van der Waals surface area contributed by atoms with Crippen molar-refractivity contribution < 1.29 is 24.2 Å². The van der Waals surface area contributed by atoms with Gasteiger partial charge in [-0.2, -0.15) is 5.26 Å². The third kappa shape index (κ3) is 5.09.